The maximum absolute atomic E-state index is 12.9. The molecule has 1 aliphatic rings. The highest BCUT2D eigenvalue weighted by Crippen LogP contribution is 2.23. The second-order valence-corrected chi connectivity index (χ2v) is 7.19. The molecule has 1 aromatic heterocycles. The molecule has 1 fully saturated rings. The summed E-state index contributed by atoms with van der Waals surface area (Å²) in [4.78, 5) is 32.5. The van der Waals surface area contributed by atoms with E-state index in [1.54, 1.807) is 30.1 Å². The van der Waals surface area contributed by atoms with Crippen LogP contribution in [-0.4, -0.2) is 40.4 Å². The number of aromatic nitrogens is 2. The van der Waals surface area contributed by atoms with Crippen molar-refractivity contribution in [3.8, 4) is 11.4 Å². The van der Waals surface area contributed by atoms with Crippen molar-refractivity contribution in [2.45, 2.75) is 26.3 Å². The van der Waals surface area contributed by atoms with Gasteiger partial charge in [0.15, 0.2) is 0 Å². The molecule has 3 aromatic rings. The SMILES string of the molecule is Cc1ccccc1-c1noc(CN(C)C(=O)c2cccc(N3CCCC3=O)c2)n1. The van der Waals surface area contributed by atoms with Crippen molar-refractivity contribution in [2.75, 3.05) is 18.5 Å². The molecule has 4 rings (SSSR count). The summed E-state index contributed by atoms with van der Waals surface area (Å²) in [5.41, 5.74) is 3.23. The van der Waals surface area contributed by atoms with E-state index in [2.05, 4.69) is 10.1 Å². The molecule has 0 radical (unpaired) electrons. The third-order valence-electron chi connectivity index (χ3n) is 5.05. The Morgan fingerprint density at radius 1 is 1.21 bits per heavy atom. The Labute approximate surface area is 168 Å². The van der Waals surface area contributed by atoms with E-state index in [9.17, 15) is 9.59 Å². The summed E-state index contributed by atoms with van der Waals surface area (Å²) in [7, 11) is 1.69. The van der Waals surface area contributed by atoms with Crippen LogP contribution in [0.5, 0.6) is 0 Å². The van der Waals surface area contributed by atoms with Crippen molar-refractivity contribution >= 4 is 17.5 Å². The van der Waals surface area contributed by atoms with E-state index in [1.807, 2.05) is 37.3 Å². The monoisotopic (exact) mass is 390 g/mol. The Morgan fingerprint density at radius 2 is 2.03 bits per heavy atom. The van der Waals surface area contributed by atoms with Gasteiger partial charge in [0.2, 0.25) is 17.6 Å². The molecule has 0 bridgehead atoms. The minimum absolute atomic E-state index is 0.0950. The van der Waals surface area contributed by atoms with Crippen LogP contribution in [0.1, 0.15) is 34.7 Å². The van der Waals surface area contributed by atoms with Gasteiger partial charge in [-0.15, -0.1) is 0 Å². The molecule has 0 saturated carbocycles. The fourth-order valence-corrected chi connectivity index (χ4v) is 3.48. The second kappa shape index (κ2) is 7.87. The molecule has 2 aromatic carbocycles. The molecule has 2 amide bonds. The van der Waals surface area contributed by atoms with Crippen LogP contribution in [0.2, 0.25) is 0 Å². The van der Waals surface area contributed by atoms with Gasteiger partial charge >= 0.3 is 0 Å². The fourth-order valence-electron chi connectivity index (χ4n) is 3.48. The van der Waals surface area contributed by atoms with Crippen molar-refractivity contribution in [3.63, 3.8) is 0 Å². The van der Waals surface area contributed by atoms with Crippen LogP contribution in [0.25, 0.3) is 11.4 Å². The number of rotatable bonds is 5. The van der Waals surface area contributed by atoms with Gasteiger partial charge < -0.3 is 14.3 Å². The summed E-state index contributed by atoms with van der Waals surface area (Å²) in [6.45, 7) is 2.87. The van der Waals surface area contributed by atoms with Crippen molar-refractivity contribution < 1.29 is 14.1 Å². The van der Waals surface area contributed by atoms with Gasteiger partial charge in [0.25, 0.3) is 5.91 Å². The number of aryl methyl sites for hydroxylation is 1. The zero-order chi connectivity index (χ0) is 20.4. The van der Waals surface area contributed by atoms with Gasteiger partial charge in [-0.3, -0.25) is 9.59 Å². The summed E-state index contributed by atoms with van der Waals surface area (Å²) in [6, 6.07) is 15.0. The number of carbonyl (C=O) groups excluding carboxylic acids is 2. The largest absolute Gasteiger partial charge is 0.337 e. The normalized spacial score (nSPS) is 13.7. The predicted molar refractivity (Wildman–Crippen MR) is 108 cm³/mol. The molecule has 0 atom stereocenters. The number of hydrogen-bond donors (Lipinski definition) is 0. The molecule has 0 spiro atoms. The first-order chi connectivity index (χ1) is 14.0. The number of carbonyl (C=O) groups is 2. The quantitative estimate of drug-likeness (QED) is 0.667. The first-order valence-electron chi connectivity index (χ1n) is 9.57. The Bertz CT molecular complexity index is 1060. The average Bonchev–Trinajstić information content (AvgIpc) is 3.37. The summed E-state index contributed by atoms with van der Waals surface area (Å²) < 4.78 is 5.34. The molecule has 0 aliphatic carbocycles. The van der Waals surface area contributed by atoms with Crippen LogP contribution in [0.15, 0.2) is 53.1 Å². The molecular formula is C22H22N4O3. The summed E-state index contributed by atoms with van der Waals surface area (Å²) >= 11 is 0. The average molecular weight is 390 g/mol. The zero-order valence-electron chi connectivity index (χ0n) is 16.5. The second-order valence-electron chi connectivity index (χ2n) is 7.19. The molecule has 29 heavy (non-hydrogen) atoms. The summed E-state index contributed by atoms with van der Waals surface area (Å²) in [5.74, 6) is 0.796. The Balaban J connectivity index is 1.48. The highest BCUT2D eigenvalue weighted by molar-refractivity contribution is 5.98. The standard InChI is InChI=1S/C22H22N4O3/c1-15-7-3-4-10-18(15)21-23-19(29-24-21)14-25(2)22(28)16-8-5-9-17(13-16)26-12-6-11-20(26)27/h3-5,7-10,13H,6,11-12,14H2,1-2H3. The van der Waals surface area contributed by atoms with E-state index in [1.165, 1.54) is 4.90 Å². The van der Waals surface area contributed by atoms with Crippen LogP contribution in [0, 0.1) is 6.92 Å². The van der Waals surface area contributed by atoms with Gasteiger partial charge in [-0.25, -0.2) is 0 Å². The van der Waals surface area contributed by atoms with Gasteiger partial charge in [-0.2, -0.15) is 4.98 Å². The Hall–Kier alpha value is -3.48. The van der Waals surface area contributed by atoms with Crippen LogP contribution in [-0.2, 0) is 11.3 Å². The van der Waals surface area contributed by atoms with E-state index in [-0.39, 0.29) is 18.4 Å². The number of benzene rings is 2. The third kappa shape index (κ3) is 3.89. The minimum atomic E-state index is -0.172. The van der Waals surface area contributed by atoms with Crippen molar-refractivity contribution in [3.05, 3.63) is 65.5 Å². The smallest absolute Gasteiger partial charge is 0.254 e. The van der Waals surface area contributed by atoms with Gasteiger partial charge in [0.1, 0.15) is 0 Å². The van der Waals surface area contributed by atoms with Crippen LogP contribution < -0.4 is 4.90 Å². The first kappa shape index (κ1) is 18.9. The van der Waals surface area contributed by atoms with E-state index in [4.69, 9.17) is 4.52 Å². The van der Waals surface area contributed by atoms with Crippen molar-refractivity contribution in [2.24, 2.45) is 0 Å². The maximum Gasteiger partial charge on any atom is 0.254 e. The van der Waals surface area contributed by atoms with Crippen molar-refractivity contribution in [1.82, 2.24) is 15.0 Å². The highest BCUT2D eigenvalue weighted by atomic mass is 16.5. The number of amides is 2. The molecule has 0 unspecified atom stereocenters. The fraction of sp³-hybridized carbons (Fsp3) is 0.273. The Morgan fingerprint density at radius 3 is 2.79 bits per heavy atom. The topological polar surface area (TPSA) is 79.5 Å². The van der Waals surface area contributed by atoms with E-state index < -0.39 is 0 Å². The lowest BCUT2D eigenvalue weighted by Gasteiger charge is -2.18. The maximum atomic E-state index is 12.9. The minimum Gasteiger partial charge on any atom is -0.337 e. The van der Waals surface area contributed by atoms with Gasteiger partial charge in [0, 0.05) is 36.8 Å². The number of nitrogens with zero attached hydrogens (tertiary/aromatic N) is 4. The van der Waals surface area contributed by atoms with E-state index in [0.717, 1.165) is 23.2 Å². The third-order valence-corrected chi connectivity index (χ3v) is 5.05. The van der Waals surface area contributed by atoms with E-state index in [0.29, 0.717) is 30.2 Å². The summed E-state index contributed by atoms with van der Waals surface area (Å²) in [5, 5.41) is 4.04. The van der Waals surface area contributed by atoms with Crippen LogP contribution in [0.4, 0.5) is 5.69 Å². The molecule has 7 nitrogen and oxygen atoms in total. The molecular weight excluding hydrogens is 368 g/mol. The lowest BCUT2D eigenvalue weighted by atomic mass is 10.1. The molecule has 0 N–H and O–H groups in total. The van der Waals surface area contributed by atoms with Crippen LogP contribution >= 0.6 is 0 Å². The zero-order valence-corrected chi connectivity index (χ0v) is 16.5. The number of anilines is 1. The predicted octanol–water partition coefficient (Wildman–Crippen LogP) is 3.44. The van der Waals surface area contributed by atoms with E-state index >= 15 is 0 Å². The van der Waals surface area contributed by atoms with Crippen molar-refractivity contribution in [1.29, 1.82) is 0 Å². The van der Waals surface area contributed by atoms with Gasteiger partial charge in [-0.1, -0.05) is 35.5 Å². The highest BCUT2D eigenvalue weighted by Gasteiger charge is 2.23. The molecule has 2 heterocycles. The Kier molecular flexibility index (Phi) is 5.12. The lowest BCUT2D eigenvalue weighted by Crippen LogP contribution is -2.27. The van der Waals surface area contributed by atoms with Gasteiger partial charge in [-0.05, 0) is 37.1 Å². The van der Waals surface area contributed by atoms with Crippen LogP contribution in [0.3, 0.4) is 0 Å². The first-order valence-corrected chi connectivity index (χ1v) is 9.57. The van der Waals surface area contributed by atoms with Gasteiger partial charge in [0.05, 0.1) is 6.54 Å². The molecule has 148 valence electrons. The molecule has 1 aliphatic heterocycles. The summed E-state index contributed by atoms with van der Waals surface area (Å²) in [6.07, 6.45) is 1.40. The molecule has 7 heteroatoms. The number of hydrogen-bond acceptors (Lipinski definition) is 5. The molecule has 1 saturated heterocycles. The lowest BCUT2D eigenvalue weighted by molar-refractivity contribution is -0.117.